The first-order valence-corrected chi connectivity index (χ1v) is 9.71. The van der Waals surface area contributed by atoms with E-state index in [-0.39, 0.29) is 21.7 Å². The summed E-state index contributed by atoms with van der Waals surface area (Å²) in [6.45, 7) is 2.96. The van der Waals surface area contributed by atoms with E-state index < -0.39 is 26.7 Å². The molecule has 1 amide bonds. The molecule has 29 heavy (non-hydrogen) atoms. The lowest BCUT2D eigenvalue weighted by Gasteiger charge is -2.09. The minimum atomic E-state index is -4.27. The van der Waals surface area contributed by atoms with Crippen molar-refractivity contribution >= 4 is 21.6 Å². The Morgan fingerprint density at radius 3 is 2.41 bits per heavy atom. The molecule has 3 aromatic rings. The van der Waals surface area contributed by atoms with E-state index in [0.29, 0.717) is 11.4 Å². The van der Waals surface area contributed by atoms with Crippen LogP contribution in [0, 0.1) is 29.8 Å². The Morgan fingerprint density at radius 2 is 1.83 bits per heavy atom. The predicted molar refractivity (Wildman–Crippen MR) is 101 cm³/mol. The van der Waals surface area contributed by atoms with Gasteiger partial charge in [0.15, 0.2) is 0 Å². The summed E-state index contributed by atoms with van der Waals surface area (Å²) < 4.78 is 41.5. The van der Waals surface area contributed by atoms with Crippen molar-refractivity contribution in [1.82, 2.24) is 14.5 Å². The molecule has 0 spiro atoms. The molecule has 0 atom stereocenters. The second kappa shape index (κ2) is 7.43. The highest BCUT2D eigenvalue weighted by Crippen LogP contribution is 2.22. The van der Waals surface area contributed by atoms with Crippen molar-refractivity contribution in [2.75, 3.05) is 0 Å². The molecule has 3 rings (SSSR count). The minimum Gasteiger partial charge on any atom is -0.268 e. The maximum absolute atomic E-state index is 13.1. The molecule has 0 saturated heterocycles. The van der Waals surface area contributed by atoms with Gasteiger partial charge in [0, 0.05) is 12.1 Å². The van der Waals surface area contributed by atoms with Gasteiger partial charge in [-0.05, 0) is 49.7 Å². The number of aromatic nitrogens is 2. The Labute approximate surface area is 165 Å². The molecule has 1 heterocycles. The quantitative estimate of drug-likeness (QED) is 0.502. The zero-order valence-electron chi connectivity index (χ0n) is 15.3. The van der Waals surface area contributed by atoms with E-state index in [0.717, 1.165) is 18.2 Å². The normalized spacial score (nSPS) is 11.3. The maximum atomic E-state index is 13.1. The van der Waals surface area contributed by atoms with Crippen LogP contribution in [0.4, 0.5) is 10.1 Å². The Bertz CT molecular complexity index is 1220. The average Bonchev–Trinajstić information content (AvgIpc) is 3.03. The zero-order valence-corrected chi connectivity index (χ0v) is 16.1. The molecule has 0 aliphatic heterocycles. The van der Waals surface area contributed by atoms with Gasteiger partial charge in [0.1, 0.15) is 5.82 Å². The number of nitrogens with zero attached hydrogens (tertiary/aromatic N) is 3. The van der Waals surface area contributed by atoms with Crippen LogP contribution in [0.1, 0.15) is 21.6 Å². The highest BCUT2D eigenvalue weighted by atomic mass is 32.2. The van der Waals surface area contributed by atoms with Crippen molar-refractivity contribution in [3.63, 3.8) is 0 Å². The number of hydrogen-bond acceptors (Lipinski definition) is 6. The van der Waals surface area contributed by atoms with Gasteiger partial charge in [0.2, 0.25) is 0 Å². The third-order valence-corrected chi connectivity index (χ3v) is 5.70. The first-order valence-electron chi connectivity index (χ1n) is 8.23. The largest absolute Gasteiger partial charge is 0.269 e. The molecular formula is C18H15FN4O5S. The van der Waals surface area contributed by atoms with Crippen LogP contribution < -0.4 is 4.72 Å². The van der Waals surface area contributed by atoms with E-state index >= 15 is 0 Å². The molecule has 11 heteroatoms. The third kappa shape index (κ3) is 3.99. The van der Waals surface area contributed by atoms with Gasteiger partial charge in [-0.3, -0.25) is 14.9 Å². The van der Waals surface area contributed by atoms with Gasteiger partial charge < -0.3 is 0 Å². The summed E-state index contributed by atoms with van der Waals surface area (Å²) >= 11 is 0. The summed E-state index contributed by atoms with van der Waals surface area (Å²) in [6.07, 6.45) is 1.20. The lowest BCUT2D eigenvalue weighted by Crippen LogP contribution is -2.31. The second-order valence-electron chi connectivity index (χ2n) is 6.17. The number of halogens is 1. The number of non-ortho nitro benzene ring substituents is 1. The molecule has 2 aromatic carbocycles. The van der Waals surface area contributed by atoms with E-state index in [1.54, 1.807) is 6.92 Å². The van der Waals surface area contributed by atoms with Crippen molar-refractivity contribution in [2.45, 2.75) is 18.7 Å². The number of nitrogens with one attached hydrogen (secondary N) is 1. The molecule has 0 aliphatic rings. The number of rotatable bonds is 5. The smallest absolute Gasteiger partial charge is 0.268 e. The molecule has 0 saturated carbocycles. The number of hydrogen-bond donors (Lipinski definition) is 1. The van der Waals surface area contributed by atoms with E-state index in [9.17, 15) is 27.7 Å². The van der Waals surface area contributed by atoms with Gasteiger partial charge in [-0.1, -0.05) is 0 Å². The minimum absolute atomic E-state index is 0.0115. The van der Waals surface area contributed by atoms with Crippen LogP contribution in [-0.4, -0.2) is 29.0 Å². The van der Waals surface area contributed by atoms with Crippen LogP contribution in [0.3, 0.4) is 0 Å². The summed E-state index contributed by atoms with van der Waals surface area (Å²) in [5.41, 5.74) is 0.724. The van der Waals surface area contributed by atoms with Gasteiger partial charge in [0.25, 0.3) is 21.6 Å². The highest BCUT2D eigenvalue weighted by molar-refractivity contribution is 7.90. The first-order chi connectivity index (χ1) is 13.6. The van der Waals surface area contributed by atoms with Crippen LogP contribution in [0.15, 0.2) is 53.6 Å². The maximum Gasteiger partial charge on any atom is 0.269 e. The van der Waals surface area contributed by atoms with E-state index in [4.69, 9.17) is 0 Å². The molecule has 0 radical (unpaired) electrons. The number of carbonyl (C=O) groups is 1. The second-order valence-corrected chi connectivity index (χ2v) is 7.82. The number of nitro benzene ring substituents is 1. The third-order valence-electron chi connectivity index (χ3n) is 4.21. The molecule has 0 unspecified atom stereocenters. The van der Waals surface area contributed by atoms with Crippen LogP contribution in [-0.2, 0) is 10.0 Å². The number of carbonyl (C=O) groups excluding carboxylic acids is 1. The zero-order chi connectivity index (χ0) is 21.3. The molecule has 0 aliphatic carbocycles. The van der Waals surface area contributed by atoms with Crippen LogP contribution >= 0.6 is 0 Å². The van der Waals surface area contributed by atoms with Crippen molar-refractivity contribution in [1.29, 1.82) is 0 Å². The fourth-order valence-electron chi connectivity index (χ4n) is 2.76. The predicted octanol–water partition coefficient (Wildman–Crippen LogP) is 2.66. The van der Waals surface area contributed by atoms with E-state index in [1.165, 1.54) is 42.1 Å². The number of nitro groups is 1. The van der Waals surface area contributed by atoms with Gasteiger partial charge in [-0.2, -0.15) is 5.10 Å². The lowest BCUT2D eigenvalue weighted by atomic mass is 10.2. The van der Waals surface area contributed by atoms with Crippen molar-refractivity contribution in [3.05, 3.63) is 81.4 Å². The molecule has 1 N–H and O–H groups in total. The number of benzene rings is 2. The molecule has 0 fully saturated rings. The summed E-state index contributed by atoms with van der Waals surface area (Å²) in [7, 11) is -4.27. The summed E-state index contributed by atoms with van der Waals surface area (Å²) in [4.78, 5) is 22.4. The van der Waals surface area contributed by atoms with Gasteiger partial charge in [0.05, 0.1) is 33.0 Å². The SMILES string of the molecule is Cc1cc([N+](=O)[O-])ccc1S(=O)(=O)NC(=O)c1cnn(-c2ccc(F)cc2)c1C. The first kappa shape index (κ1) is 20.1. The fraction of sp³-hybridized carbons (Fsp3) is 0.111. The molecule has 0 bridgehead atoms. The Hall–Kier alpha value is -3.60. The van der Waals surface area contributed by atoms with Gasteiger partial charge >= 0.3 is 0 Å². The van der Waals surface area contributed by atoms with E-state index in [2.05, 4.69) is 5.10 Å². The summed E-state index contributed by atoms with van der Waals surface area (Å²) in [5.74, 6) is -1.34. The van der Waals surface area contributed by atoms with Gasteiger partial charge in [-0.15, -0.1) is 0 Å². The fourth-order valence-corrected chi connectivity index (χ4v) is 3.95. The van der Waals surface area contributed by atoms with Crippen LogP contribution in [0.2, 0.25) is 0 Å². The topological polar surface area (TPSA) is 124 Å². The highest BCUT2D eigenvalue weighted by Gasteiger charge is 2.24. The average molecular weight is 418 g/mol. The van der Waals surface area contributed by atoms with Crippen LogP contribution in [0.5, 0.6) is 0 Å². The standard InChI is InChI=1S/C18H15FN4O5S/c1-11-9-15(23(25)26)7-8-17(11)29(27,28)21-18(24)16-10-20-22(12(16)2)14-5-3-13(19)4-6-14/h3-10H,1-2H3,(H,21,24). The Morgan fingerprint density at radius 1 is 1.17 bits per heavy atom. The van der Waals surface area contributed by atoms with E-state index in [1.807, 2.05) is 4.72 Å². The molecule has 150 valence electrons. The number of sulfonamides is 1. The summed E-state index contributed by atoms with van der Waals surface area (Å²) in [6, 6.07) is 8.62. The van der Waals surface area contributed by atoms with Crippen molar-refractivity contribution in [3.8, 4) is 5.69 Å². The number of amides is 1. The lowest BCUT2D eigenvalue weighted by molar-refractivity contribution is -0.385. The van der Waals surface area contributed by atoms with Crippen molar-refractivity contribution < 1.29 is 22.5 Å². The van der Waals surface area contributed by atoms with Crippen molar-refractivity contribution in [2.24, 2.45) is 0 Å². The Balaban J connectivity index is 1.88. The Kier molecular flexibility index (Phi) is 5.16. The monoisotopic (exact) mass is 418 g/mol. The van der Waals surface area contributed by atoms with Crippen LogP contribution in [0.25, 0.3) is 5.69 Å². The molecule has 1 aromatic heterocycles. The molecular weight excluding hydrogens is 403 g/mol. The van der Waals surface area contributed by atoms with Gasteiger partial charge in [-0.25, -0.2) is 22.2 Å². The number of aryl methyl sites for hydroxylation is 1. The summed E-state index contributed by atoms with van der Waals surface area (Å²) in [5, 5.41) is 14.9. The molecule has 9 nitrogen and oxygen atoms in total.